The van der Waals surface area contributed by atoms with Crippen LogP contribution >= 0.6 is 0 Å². The number of hydrogen-bond donors (Lipinski definition) is 1. The Labute approximate surface area is 168 Å². The third-order valence-corrected chi connectivity index (χ3v) is 4.54. The van der Waals surface area contributed by atoms with E-state index in [-0.39, 0.29) is 12.5 Å². The van der Waals surface area contributed by atoms with Gasteiger partial charge in [0.25, 0.3) is 6.43 Å². The highest BCUT2D eigenvalue weighted by Crippen LogP contribution is 2.31. The molecule has 1 atom stereocenters. The summed E-state index contributed by atoms with van der Waals surface area (Å²) in [5.74, 6) is 0.658. The monoisotopic (exact) mass is 406 g/mol. The molecule has 1 aliphatic rings. The summed E-state index contributed by atoms with van der Waals surface area (Å²) in [5.41, 5.74) is 3.65. The van der Waals surface area contributed by atoms with Crippen molar-refractivity contribution in [3.05, 3.63) is 46.8 Å². The maximum atomic E-state index is 12.7. The van der Waals surface area contributed by atoms with Gasteiger partial charge in [0.15, 0.2) is 12.0 Å². The average molecular weight is 406 g/mol. The summed E-state index contributed by atoms with van der Waals surface area (Å²) in [6.07, 6.45) is -2.46. The Morgan fingerprint density at radius 3 is 2.59 bits per heavy atom. The summed E-state index contributed by atoms with van der Waals surface area (Å²) in [6, 6.07) is 7.17. The second-order valence-corrected chi connectivity index (χ2v) is 6.93. The van der Waals surface area contributed by atoms with Gasteiger partial charge >= 0.3 is 0 Å². The molecule has 1 aromatic carbocycles. The van der Waals surface area contributed by atoms with E-state index < -0.39 is 12.7 Å². The summed E-state index contributed by atoms with van der Waals surface area (Å²) < 4.78 is 31.4. The fraction of sp³-hybridized carbons (Fsp3) is 0.450. The minimum Gasteiger partial charge on any atom is -0.493 e. The van der Waals surface area contributed by atoms with E-state index in [0.717, 1.165) is 29.0 Å². The molecule has 1 unspecified atom stereocenters. The van der Waals surface area contributed by atoms with Crippen molar-refractivity contribution in [2.24, 2.45) is 0 Å². The lowest BCUT2D eigenvalue weighted by Crippen LogP contribution is -2.29. The van der Waals surface area contributed by atoms with Crippen LogP contribution in [0.1, 0.15) is 40.7 Å². The second kappa shape index (κ2) is 9.23. The molecule has 0 spiro atoms. The van der Waals surface area contributed by atoms with Crippen LogP contribution in [0.5, 0.6) is 5.75 Å². The molecule has 7 nitrogen and oxygen atoms in total. The molecule has 156 valence electrons. The van der Waals surface area contributed by atoms with Crippen LogP contribution in [0, 0.1) is 13.8 Å². The van der Waals surface area contributed by atoms with Crippen LogP contribution < -0.4 is 15.1 Å². The average Bonchev–Trinajstić information content (AvgIpc) is 3.17. The van der Waals surface area contributed by atoms with E-state index >= 15 is 0 Å². The predicted octanol–water partition coefficient (Wildman–Crippen LogP) is 3.20. The number of anilines is 1. The van der Waals surface area contributed by atoms with Gasteiger partial charge in [-0.15, -0.1) is 5.10 Å². The Morgan fingerprint density at radius 2 is 2.03 bits per heavy atom. The first-order valence-corrected chi connectivity index (χ1v) is 9.38. The Bertz CT molecular complexity index is 838. The number of nitrogens with one attached hydrogen (secondary N) is 1. The topological polar surface area (TPSA) is 76.6 Å². The minimum atomic E-state index is -2.59. The Balaban J connectivity index is 1.54. The summed E-state index contributed by atoms with van der Waals surface area (Å²) in [7, 11) is 0. The molecule has 29 heavy (non-hydrogen) atoms. The Morgan fingerprint density at radius 1 is 1.31 bits per heavy atom. The molecule has 3 rings (SSSR count). The summed E-state index contributed by atoms with van der Waals surface area (Å²) in [5, 5.41) is 12.0. The van der Waals surface area contributed by atoms with Crippen LogP contribution in [0.4, 0.5) is 14.5 Å². The highest BCUT2D eigenvalue weighted by Gasteiger charge is 2.31. The van der Waals surface area contributed by atoms with Crippen LogP contribution in [-0.4, -0.2) is 41.9 Å². The molecule has 1 aromatic heterocycles. The molecule has 1 aliphatic heterocycles. The van der Waals surface area contributed by atoms with Crippen molar-refractivity contribution in [3.63, 3.8) is 0 Å². The second-order valence-electron chi connectivity index (χ2n) is 6.93. The number of aryl methyl sites for hydroxylation is 3. The number of Topliss-reactive ketones (excluding diaryl/α,β-unsaturated/α-hetero) is 1. The third-order valence-electron chi connectivity index (χ3n) is 4.54. The normalized spacial score (nSPS) is 16.5. The van der Waals surface area contributed by atoms with E-state index in [0.29, 0.717) is 24.4 Å². The fourth-order valence-corrected chi connectivity index (χ4v) is 3.08. The van der Waals surface area contributed by atoms with Crippen LogP contribution in [0.25, 0.3) is 0 Å². The molecule has 9 heteroatoms. The lowest BCUT2D eigenvalue weighted by molar-refractivity contribution is -0.0409. The van der Waals surface area contributed by atoms with Gasteiger partial charge in [0.2, 0.25) is 0 Å². The van der Waals surface area contributed by atoms with Gasteiger partial charge in [0, 0.05) is 6.92 Å². The Kier molecular flexibility index (Phi) is 6.71. The van der Waals surface area contributed by atoms with Gasteiger partial charge in [-0.05, 0) is 62.1 Å². The van der Waals surface area contributed by atoms with Gasteiger partial charge in [0.1, 0.15) is 11.4 Å². The van der Waals surface area contributed by atoms with Gasteiger partial charge < -0.3 is 4.74 Å². The standard InChI is InChI=1S/C20H24F2N4O3/c1-12-9-16(26-11-23-20(29-26)19(21)22)10-13(2)18(12)28-8-4-5-15-6-7-17(14(3)27)25-24-15/h6-7,9-10,19-20,23H,4-5,8,11H2,1-3H3. The molecule has 2 heterocycles. The molecule has 0 aliphatic carbocycles. The molecular formula is C20H24F2N4O3. The van der Waals surface area contributed by atoms with Crippen molar-refractivity contribution in [1.82, 2.24) is 15.5 Å². The highest BCUT2D eigenvalue weighted by molar-refractivity contribution is 5.91. The number of hydrogen-bond acceptors (Lipinski definition) is 7. The van der Waals surface area contributed by atoms with Crippen molar-refractivity contribution in [1.29, 1.82) is 0 Å². The van der Waals surface area contributed by atoms with Crippen molar-refractivity contribution in [2.75, 3.05) is 18.3 Å². The first-order valence-electron chi connectivity index (χ1n) is 9.38. The number of carbonyl (C=O) groups excluding carboxylic acids is 1. The Hall–Kier alpha value is -2.65. The van der Waals surface area contributed by atoms with Gasteiger partial charge in [-0.25, -0.2) is 18.7 Å². The summed E-state index contributed by atoms with van der Waals surface area (Å²) >= 11 is 0. The summed E-state index contributed by atoms with van der Waals surface area (Å²) in [6.45, 7) is 5.96. The van der Waals surface area contributed by atoms with Crippen LogP contribution in [0.3, 0.4) is 0 Å². The van der Waals surface area contributed by atoms with Crippen LogP contribution in [0.15, 0.2) is 24.3 Å². The lowest BCUT2D eigenvalue weighted by Gasteiger charge is -2.20. The van der Waals surface area contributed by atoms with E-state index in [4.69, 9.17) is 9.57 Å². The zero-order chi connectivity index (χ0) is 21.0. The van der Waals surface area contributed by atoms with E-state index in [1.54, 1.807) is 12.1 Å². The summed E-state index contributed by atoms with van der Waals surface area (Å²) in [4.78, 5) is 16.4. The predicted molar refractivity (Wildman–Crippen MR) is 103 cm³/mol. The number of aromatic nitrogens is 2. The van der Waals surface area contributed by atoms with Gasteiger partial charge in [-0.2, -0.15) is 5.10 Å². The van der Waals surface area contributed by atoms with Crippen molar-refractivity contribution < 1.29 is 23.1 Å². The largest absolute Gasteiger partial charge is 0.493 e. The van der Waals surface area contributed by atoms with Gasteiger partial charge in [-0.3, -0.25) is 10.1 Å². The number of carbonyl (C=O) groups is 1. The van der Waals surface area contributed by atoms with E-state index in [2.05, 4.69) is 15.5 Å². The number of ketones is 1. The molecule has 2 aromatic rings. The fourth-order valence-electron chi connectivity index (χ4n) is 3.08. The van der Waals surface area contributed by atoms with Gasteiger partial charge in [-0.1, -0.05) is 0 Å². The number of nitrogens with zero attached hydrogens (tertiary/aromatic N) is 3. The molecule has 0 radical (unpaired) electrons. The number of benzene rings is 1. The molecule has 0 amide bonds. The number of hydroxylamine groups is 1. The molecular weight excluding hydrogens is 382 g/mol. The maximum absolute atomic E-state index is 12.7. The first-order chi connectivity index (χ1) is 13.8. The number of alkyl halides is 2. The van der Waals surface area contributed by atoms with Crippen molar-refractivity contribution >= 4 is 11.5 Å². The number of ether oxygens (including phenoxy) is 1. The van der Waals surface area contributed by atoms with E-state index in [9.17, 15) is 13.6 Å². The number of rotatable bonds is 8. The highest BCUT2D eigenvalue weighted by atomic mass is 19.3. The lowest BCUT2D eigenvalue weighted by atomic mass is 10.1. The molecule has 1 fully saturated rings. The molecule has 0 saturated carbocycles. The van der Waals surface area contributed by atoms with Crippen molar-refractivity contribution in [3.8, 4) is 5.75 Å². The van der Waals surface area contributed by atoms with E-state index in [1.807, 2.05) is 26.0 Å². The molecule has 1 N–H and O–H groups in total. The molecule has 0 bridgehead atoms. The maximum Gasteiger partial charge on any atom is 0.280 e. The zero-order valence-corrected chi connectivity index (χ0v) is 16.6. The smallest absolute Gasteiger partial charge is 0.280 e. The quantitative estimate of drug-likeness (QED) is 0.533. The SMILES string of the molecule is CC(=O)c1ccc(CCCOc2c(C)cc(N3CNC(C(F)F)O3)cc2C)nn1. The third kappa shape index (κ3) is 5.24. The van der Waals surface area contributed by atoms with Gasteiger partial charge in [0.05, 0.1) is 24.7 Å². The minimum absolute atomic E-state index is 0.110. The van der Waals surface area contributed by atoms with Crippen LogP contribution in [-0.2, 0) is 11.3 Å². The molecule has 1 saturated heterocycles. The number of halogens is 2. The van der Waals surface area contributed by atoms with E-state index in [1.165, 1.54) is 12.0 Å². The van der Waals surface area contributed by atoms with Crippen molar-refractivity contribution in [2.45, 2.75) is 46.3 Å². The zero-order valence-electron chi connectivity index (χ0n) is 16.6. The van der Waals surface area contributed by atoms with Crippen LogP contribution in [0.2, 0.25) is 0 Å². The first kappa shape index (κ1) is 21.1.